The minimum Gasteiger partial charge on any atom is -0.395 e. The van der Waals surface area contributed by atoms with Gasteiger partial charge in [-0.3, -0.25) is 0 Å². The fourth-order valence-corrected chi connectivity index (χ4v) is 6.86. The van der Waals surface area contributed by atoms with Gasteiger partial charge in [0.05, 0.1) is 23.6 Å². The van der Waals surface area contributed by atoms with Gasteiger partial charge in [-0.1, -0.05) is 61.4 Å². The minimum absolute atomic E-state index is 0.172. The summed E-state index contributed by atoms with van der Waals surface area (Å²) >= 11 is 0. The van der Waals surface area contributed by atoms with Crippen LogP contribution in [0.3, 0.4) is 0 Å². The summed E-state index contributed by atoms with van der Waals surface area (Å²) in [6, 6.07) is 15.0. The number of nitriles is 1. The molecular weight excluding hydrogens is 420 g/mol. The molecule has 0 radical (unpaired) electrons. The lowest BCUT2D eigenvalue weighted by atomic mass is 9.78. The van der Waals surface area contributed by atoms with Crippen LogP contribution >= 0.6 is 0 Å². The number of benzene rings is 2. The van der Waals surface area contributed by atoms with Gasteiger partial charge in [0.15, 0.2) is 0 Å². The van der Waals surface area contributed by atoms with Crippen LogP contribution in [0.4, 0.5) is 0 Å². The quantitative estimate of drug-likeness (QED) is 0.718. The van der Waals surface area contributed by atoms with Gasteiger partial charge in [-0.2, -0.15) is 9.57 Å². The number of hydrogen-bond donors (Lipinski definition) is 1. The summed E-state index contributed by atoms with van der Waals surface area (Å²) in [5.41, 5.74) is 2.37. The first-order valence-corrected chi connectivity index (χ1v) is 12.6. The Hall–Kier alpha value is -2.64. The van der Waals surface area contributed by atoms with Gasteiger partial charge in [-0.25, -0.2) is 8.42 Å². The molecule has 2 aromatic carbocycles. The van der Waals surface area contributed by atoms with Crippen LogP contribution in [0.2, 0.25) is 0 Å². The first-order valence-electron chi connectivity index (χ1n) is 11.2. The molecule has 5 nitrogen and oxygen atoms in total. The zero-order chi connectivity index (χ0) is 22.7. The second-order valence-electron chi connectivity index (χ2n) is 8.68. The normalized spacial score (nSPS) is 24.1. The number of hydrogen-bond acceptors (Lipinski definition) is 4. The SMILES string of the molecule is Cc1ccccc1S(=O)(=O)N1[C@H](C#N)[C@H](c2ccc(C#CC3CCCCC3)cc2)[C@H]1CO. The van der Waals surface area contributed by atoms with Gasteiger partial charge in [0.2, 0.25) is 10.0 Å². The molecule has 2 aromatic rings. The first kappa shape index (κ1) is 22.6. The molecule has 2 fully saturated rings. The van der Waals surface area contributed by atoms with E-state index in [0.29, 0.717) is 11.5 Å². The van der Waals surface area contributed by atoms with Gasteiger partial charge in [-0.15, -0.1) is 0 Å². The van der Waals surface area contributed by atoms with E-state index in [2.05, 4.69) is 17.9 Å². The van der Waals surface area contributed by atoms with Crippen LogP contribution in [0.25, 0.3) is 0 Å². The number of aliphatic hydroxyl groups excluding tert-OH is 1. The molecule has 1 saturated carbocycles. The zero-order valence-corrected chi connectivity index (χ0v) is 19.1. The van der Waals surface area contributed by atoms with Gasteiger partial charge in [0.25, 0.3) is 0 Å². The fraction of sp³-hybridized carbons (Fsp3) is 0.423. The summed E-state index contributed by atoms with van der Waals surface area (Å²) in [5.74, 6) is 6.72. The Bertz CT molecular complexity index is 1170. The monoisotopic (exact) mass is 448 g/mol. The van der Waals surface area contributed by atoms with Crippen LogP contribution in [0.5, 0.6) is 0 Å². The standard InChI is InChI=1S/C26H28N2O3S/c1-19-7-5-6-10-25(19)32(30,31)28-23(17-27)26(24(28)18-29)22-15-13-21(14-16-22)12-11-20-8-3-2-4-9-20/h5-7,10,13-16,20,23-24,26,29H,2-4,8-9,18H2,1H3/t23-,24-,26+/m1/s1. The summed E-state index contributed by atoms with van der Waals surface area (Å²) < 4.78 is 27.7. The van der Waals surface area contributed by atoms with Crippen LogP contribution in [0.15, 0.2) is 53.4 Å². The van der Waals surface area contributed by atoms with Crippen molar-refractivity contribution < 1.29 is 13.5 Å². The summed E-state index contributed by atoms with van der Waals surface area (Å²) in [7, 11) is -3.90. The molecule has 0 aromatic heterocycles. The second kappa shape index (κ2) is 9.46. The Balaban J connectivity index is 1.56. The summed E-state index contributed by atoms with van der Waals surface area (Å²) in [5, 5.41) is 19.8. The molecule has 1 aliphatic carbocycles. The maximum absolute atomic E-state index is 13.3. The Morgan fingerprint density at radius 3 is 2.38 bits per heavy atom. The molecule has 4 rings (SSSR count). The fourth-order valence-electron chi connectivity index (χ4n) is 4.88. The highest BCUT2D eigenvalue weighted by molar-refractivity contribution is 7.89. The van der Waals surface area contributed by atoms with Crippen LogP contribution in [-0.2, 0) is 10.0 Å². The van der Waals surface area contributed by atoms with E-state index in [0.717, 1.165) is 15.4 Å². The molecule has 2 aliphatic rings. The largest absolute Gasteiger partial charge is 0.395 e. The second-order valence-corrected chi connectivity index (χ2v) is 10.5. The van der Waals surface area contributed by atoms with E-state index >= 15 is 0 Å². The van der Waals surface area contributed by atoms with Crippen LogP contribution in [0.1, 0.15) is 54.7 Å². The topological polar surface area (TPSA) is 81.4 Å². The highest BCUT2D eigenvalue weighted by atomic mass is 32.2. The van der Waals surface area contributed by atoms with Crippen molar-refractivity contribution >= 4 is 10.0 Å². The Labute approximate surface area is 190 Å². The Morgan fingerprint density at radius 1 is 1.06 bits per heavy atom. The lowest BCUT2D eigenvalue weighted by molar-refractivity contribution is 0.0556. The smallest absolute Gasteiger partial charge is 0.244 e. The van der Waals surface area contributed by atoms with Crippen molar-refractivity contribution in [2.75, 3.05) is 6.61 Å². The van der Waals surface area contributed by atoms with E-state index in [4.69, 9.17) is 0 Å². The predicted octanol–water partition coefficient (Wildman–Crippen LogP) is 3.97. The zero-order valence-electron chi connectivity index (χ0n) is 18.2. The van der Waals surface area contributed by atoms with E-state index in [1.54, 1.807) is 31.2 Å². The van der Waals surface area contributed by atoms with E-state index in [1.807, 2.05) is 24.3 Å². The van der Waals surface area contributed by atoms with E-state index in [1.165, 1.54) is 32.1 Å². The van der Waals surface area contributed by atoms with Crippen molar-refractivity contribution in [2.45, 2.75) is 61.9 Å². The first-order chi connectivity index (χ1) is 15.5. The third-order valence-electron chi connectivity index (χ3n) is 6.65. The Kier molecular flexibility index (Phi) is 6.67. The number of sulfonamides is 1. The number of rotatable bonds is 4. The van der Waals surface area contributed by atoms with Gasteiger partial charge in [0.1, 0.15) is 6.04 Å². The maximum atomic E-state index is 13.3. The van der Waals surface area contributed by atoms with Gasteiger partial charge in [-0.05, 0) is 49.1 Å². The molecule has 0 bridgehead atoms. The predicted molar refractivity (Wildman–Crippen MR) is 123 cm³/mol. The molecule has 1 aliphatic heterocycles. The average Bonchev–Trinajstić information content (AvgIpc) is 2.79. The van der Waals surface area contributed by atoms with Crippen LogP contribution < -0.4 is 0 Å². The average molecular weight is 449 g/mol. The molecule has 0 spiro atoms. The van der Waals surface area contributed by atoms with Crippen molar-refractivity contribution in [1.29, 1.82) is 5.26 Å². The van der Waals surface area contributed by atoms with Crippen molar-refractivity contribution in [3.63, 3.8) is 0 Å². The molecule has 1 heterocycles. The van der Waals surface area contributed by atoms with Gasteiger partial charge in [0, 0.05) is 17.4 Å². The third kappa shape index (κ3) is 4.19. The molecule has 32 heavy (non-hydrogen) atoms. The van der Waals surface area contributed by atoms with E-state index in [-0.39, 0.29) is 17.4 Å². The minimum atomic E-state index is -3.90. The summed E-state index contributed by atoms with van der Waals surface area (Å²) in [6.45, 7) is 1.38. The molecule has 1 N–H and O–H groups in total. The third-order valence-corrected chi connectivity index (χ3v) is 8.71. The maximum Gasteiger partial charge on any atom is 0.244 e. The molecule has 0 unspecified atom stereocenters. The molecular formula is C26H28N2O3S. The molecule has 6 heteroatoms. The number of nitrogens with zero attached hydrogens (tertiary/aromatic N) is 2. The van der Waals surface area contributed by atoms with Crippen molar-refractivity contribution in [1.82, 2.24) is 4.31 Å². The highest BCUT2D eigenvalue weighted by Crippen LogP contribution is 2.44. The highest BCUT2D eigenvalue weighted by Gasteiger charge is 2.55. The van der Waals surface area contributed by atoms with Crippen molar-refractivity contribution in [2.24, 2.45) is 5.92 Å². The molecule has 166 valence electrons. The summed E-state index contributed by atoms with van der Waals surface area (Å²) in [6.07, 6.45) is 6.14. The van der Waals surface area contributed by atoms with Gasteiger partial charge >= 0.3 is 0 Å². The van der Waals surface area contributed by atoms with Gasteiger partial charge < -0.3 is 5.11 Å². The van der Waals surface area contributed by atoms with E-state index < -0.39 is 22.1 Å². The van der Waals surface area contributed by atoms with Crippen LogP contribution in [0, 0.1) is 36.0 Å². The lowest BCUT2D eigenvalue weighted by Crippen LogP contribution is -2.65. The van der Waals surface area contributed by atoms with Crippen LogP contribution in [-0.4, -0.2) is 36.5 Å². The molecule has 0 amide bonds. The lowest BCUT2D eigenvalue weighted by Gasteiger charge is -2.50. The van der Waals surface area contributed by atoms with Crippen molar-refractivity contribution in [3.05, 3.63) is 65.2 Å². The van der Waals surface area contributed by atoms with E-state index in [9.17, 15) is 18.8 Å². The molecule has 1 saturated heterocycles. The van der Waals surface area contributed by atoms with Crippen molar-refractivity contribution in [3.8, 4) is 17.9 Å². The number of aliphatic hydroxyl groups is 1. The number of aryl methyl sites for hydroxylation is 1. The molecule has 3 atom stereocenters. The Morgan fingerprint density at radius 2 is 1.75 bits per heavy atom. The summed E-state index contributed by atoms with van der Waals surface area (Å²) in [4.78, 5) is 0.172.